The number of rotatable bonds is 7. The second-order valence-corrected chi connectivity index (χ2v) is 7.98. The Morgan fingerprint density at radius 3 is 2.44 bits per heavy atom. The first-order valence-corrected chi connectivity index (χ1v) is 11.0. The van der Waals surface area contributed by atoms with Crippen molar-refractivity contribution in [2.24, 2.45) is 0 Å². The summed E-state index contributed by atoms with van der Waals surface area (Å²) in [5.41, 5.74) is 2.48. The third-order valence-electron chi connectivity index (χ3n) is 5.54. The topological polar surface area (TPSA) is 80.3 Å². The van der Waals surface area contributed by atoms with Crippen LogP contribution in [-0.2, 0) is 6.54 Å². The Morgan fingerprint density at radius 1 is 0.906 bits per heavy atom. The third-order valence-corrected chi connectivity index (χ3v) is 5.54. The number of carbonyl (C=O) groups is 2. The van der Waals surface area contributed by atoms with Gasteiger partial charge in [-0.15, -0.1) is 0 Å². The van der Waals surface area contributed by atoms with Gasteiger partial charge in [0.15, 0.2) is 0 Å². The van der Waals surface area contributed by atoms with Crippen LogP contribution in [0.25, 0.3) is 0 Å². The van der Waals surface area contributed by atoms with Gasteiger partial charge in [-0.05, 0) is 73.7 Å². The van der Waals surface area contributed by atoms with E-state index in [1.54, 1.807) is 42.6 Å². The average molecular weight is 430 g/mol. The van der Waals surface area contributed by atoms with Crippen molar-refractivity contribution in [1.82, 2.24) is 10.3 Å². The van der Waals surface area contributed by atoms with Crippen molar-refractivity contribution in [2.75, 3.05) is 5.32 Å². The highest BCUT2D eigenvalue weighted by molar-refractivity contribution is 6.04. The molecule has 0 aliphatic heterocycles. The van der Waals surface area contributed by atoms with Crippen molar-refractivity contribution in [3.63, 3.8) is 0 Å². The summed E-state index contributed by atoms with van der Waals surface area (Å²) in [7, 11) is 0. The van der Waals surface area contributed by atoms with Gasteiger partial charge >= 0.3 is 0 Å². The van der Waals surface area contributed by atoms with Crippen LogP contribution >= 0.6 is 0 Å². The van der Waals surface area contributed by atoms with E-state index in [0.717, 1.165) is 24.2 Å². The monoisotopic (exact) mass is 429 g/mol. The Bertz CT molecular complexity index is 1050. The van der Waals surface area contributed by atoms with Crippen LogP contribution in [0.1, 0.15) is 58.4 Å². The molecule has 2 N–H and O–H groups in total. The maximum atomic E-state index is 12.6. The molecule has 4 rings (SSSR count). The molecule has 1 aromatic heterocycles. The Labute approximate surface area is 188 Å². The van der Waals surface area contributed by atoms with Crippen LogP contribution in [-0.4, -0.2) is 22.9 Å². The van der Waals surface area contributed by atoms with E-state index in [1.165, 1.54) is 25.5 Å². The number of anilines is 1. The van der Waals surface area contributed by atoms with Crippen molar-refractivity contribution in [3.8, 4) is 5.75 Å². The molecule has 6 heteroatoms. The van der Waals surface area contributed by atoms with E-state index in [1.807, 2.05) is 24.3 Å². The molecule has 2 amide bonds. The van der Waals surface area contributed by atoms with Gasteiger partial charge in [0.2, 0.25) is 0 Å². The molecule has 0 spiro atoms. The zero-order valence-corrected chi connectivity index (χ0v) is 17.9. The van der Waals surface area contributed by atoms with Crippen molar-refractivity contribution in [1.29, 1.82) is 0 Å². The van der Waals surface area contributed by atoms with Gasteiger partial charge in [0.1, 0.15) is 5.75 Å². The van der Waals surface area contributed by atoms with E-state index in [4.69, 9.17) is 4.74 Å². The van der Waals surface area contributed by atoms with E-state index >= 15 is 0 Å². The SMILES string of the molecule is O=C(NCc1ccc(OC2CCCCC2)cc1)c1cccc(NC(=O)c2cccnc2)c1. The Kier molecular flexibility index (Phi) is 7.12. The molecule has 1 saturated carbocycles. The number of pyridine rings is 1. The fourth-order valence-corrected chi connectivity index (χ4v) is 3.78. The second kappa shape index (κ2) is 10.6. The van der Waals surface area contributed by atoms with Gasteiger partial charge in [-0.2, -0.15) is 0 Å². The van der Waals surface area contributed by atoms with Crippen molar-refractivity contribution in [3.05, 3.63) is 89.7 Å². The summed E-state index contributed by atoms with van der Waals surface area (Å²) in [5, 5.41) is 5.72. The van der Waals surface area contributed by atoms with Crippen LogP contribution in [0.15, 0.2) is 73.1 Å². The third kappa shape index (κ3) is 5.94. The summed E-state index contributed by atoms with van der Waals surface area (Å²) < 4.78 is 6.06. The van der Waals surface area contributed by atoms with E-state index in [9.17, 15) is 9.59 Å². The van der Waals surface area contributed by atoms with Gasteiger partial charge in [0, 0.05) is 30.2 Å². The van der Waals surface area contributed by atoms with Crippen LogP contribution < -0.4 is 15.4 Å². The predicted molar refractivity (Wildman–Crippen MR) is 124 cm³/mol. The lowest BCUT2D eigenvalue weighted by molar-refractivity contribution is 0.0949. The molecule has 1 aliphatic carbocycles. The smallest absolute Gasteiger partial charge is 0.257 e. The van der Waals surface area contributed by atoms with Crippen LogP contribution in [0.3, 0.4) is 0 Å². The fraction of sp³-hybridized carbons (Fsp3) is 0.269. The fourth-order valence-electron chi connectivity index (χ4n) is 3.78. The molecular weight excluding hydrogens is 402 g/mol. The maximum Gasteiger partial charge on any atom is 0.257 e. The number of hydrogen-bond acceptors (Lipinski definition) is 4. The average Bonchev–Trinajstić information content (AvgIpc) is 2.85. The molecule has 0 radical (unpaired) electrons. The minimum absolute atomic E-state index is 0.204. The van der Waals surface area contributed by atoms with Gasteiger partial charge in [-0.1, -0.05) is 24.6 Å². The van der Waals surface area contributed by atoms with Crippen LogP contribution in [0.4, 0.5) is 5.69 Å². The number of benzene rings is 2. The van der Waals surface area contributed by atoms with E-state index in [2.05, 4.69) is 15.6 Å². The number of nitrogens with one attached hydrogen (secondary N) is 2. The molecule has 164 valence electrons. The van der Waals surface area contributed by atoms with Gasteiger partial charge < -0.3 is 15.4 Å². The quantitative estimate of drug-likeness (QED) is 0.555. The van der Waals surface area contributed by atoms with Crippen molar-refractivity contribution in [2.45, 2.75) is 44.8 Å². The first-order chi connectivity index (χ1) is 15.7. The Balaban J connectivity index is 1.30. The minimum atomic E-state index is -0.272. The summed E-state index contributed by atoms with van der Waals surface area (Å²) in [6, 6.07) is 18.1. The second-order valence-electron chi connectivity index (χ2n) is 7.98. The number of amides is 2. The highest BCUT2D eigenvalue weighted by Gasteiger charge is 2.15. The lowest BCUT2D eigenvalue weighted by atomic mass is 9.98. The summed E-state index contributed by atoms with van der Waals surface area (Å²) in [5.74, 6) is 0.403. The lowest BCUT2D eigenvalue weighted by Crippen LogP contribution is -2.23. The summed E-state index contributed by atoms with van der Waals surface area (Å²) in [6.45, 7) is 0.412. The molecule has 6 nitrogen and oxygen atoms in total. The van der Waals surface area contributed by atoms with Crippen LogP contribution in [0.5, 0.6) is 5.75 Å². The Morgan fingerprint density at radius 2 is 1.69 bits per heavy atom. The van der Waals surface area contributed by atoms with E-state index < -0.39 is 0 Å². The van der Waals surface area contributed by atoms with Gasteiger partial charge in [0.25, 0.3) is 11.8 Å². The number of carbonyl (C=O) groups excluding carboxylic acids is 2. The zero-order valence-electron chi connectivity index (χ0n) is 17.9. The summed E-state index contributed by atoms with van der Waals surface area (Å²) in [4.78, 5) is 28.8. The highest BCUT2D eigenvalue weighted by atomic mass is 16.5. The number of ether oxygens (including phenoxy) is 1. The van der Waals surface area contributed by atoms with E-state index in [0.29, 0.717) is 29.5 Å². The Hall–Kier alpha value is -3.67. The minimum Gasteiger partial charge on any atom is -0.490 e. The highest BCUT2D eigenvalue weighted by Crippen LogP contribution is 2.23. The predicted octanol–water partition coefficient (Wildman–Crippen LogP) is 4.98. The standard InChI is InChI=1S/C26H27N3O3/c30-25(20-6-4-8-22(16-20)29-26(31)21-7-5-15-27-18-21)28-17-19-11-13-24(14-12-19)32-23-9-2-1-3-10-23/h4-8,11-16,18,23H,1-3,9-10,17H2,(H,28,30)(H,29,31). The van der Waals surface area contributed by atoms with Gasteiger partial charge in [0.05, 0.1) is 11.7 Å². The lowest BCUT2D eigenvalue weighted by Gasteiger charge is -2.23. The largest absolute Gasteiger partial charge is 0.490 e. The first kappa shape index (κ1) is 21.6. The number of nitrogens with zero attached hydrogens (tertiary/aromatic N) is 1. The molecule has 0 unspecified atom stereocenters. The van der Waals surface area contributed by atoms with Crippen molar-refractivity contribution >= 4 is 17.5 Å². The zero-order chi connectivity index (χ0) is 22.2. The number of aromatic nitrogens is 1. The summed E-state index contributed by atoms with van der Waals surface area (Å²) in [6.07, 6.45) is 9.46. The molecule has 3 aromatic rings. The summed E-state index contributed by atoms with van der Waals surface area (Å²) >= 11 is 0. The molecule has 0 atom stereocenters. The maximum absolute atomic E-state index is 12.6. The molecule has 32 heavy (non-hydrogen) atoms. The first-order valence-electron chi connectivity index (χ1n) is 11.0. The molecule has 2 aromatic carbocycles. The molecule has 1 aliphatic rings. The van der Waals surface area contributed by atoms with Crippen LogP contribution in [0, 0.1) is 0 Å². The van der Waals surface area contributed by atoms with Crippen LogP contribution in [0.2, 0.25) is 0 Å². The number of hydrogen-bond donors (Lipinski definition) is 2. The molecule has 1 heterocycles. The molecule has 0 bridgehead atoms. The van der Waals surface area contributed by atoms with Gasteiger partial charge in [-0.25, -0.2) is 0 Å². The molecular formula is C26H27N3O3. The molecule has 0 saturated heterocycles. The molecule has 1 fully saturated rings. The van der Waals surface area contributed by atoms with Crippen molar-refractivity contribution < 1.29 is 14.3 Å². The normalized spacial score (nSPS) is 13.9. The van der Waals surface area contributed by atoms with E-state index in [-0.39, 0.29) is 11.8 Å². The van der Waals surface area contributed by atoms with Gasteiger partial charge in [-0.3, -0.25) is 14.6 Å².